The minimum Gasteiger partial charge on any atom is -0.308 e. The number of nitrogen functional groups attached to an aromatic ring is 1. The summed E-state index contributed by atoms with van der Waals surface area (Å²) in [7, 11) is 0. The van der Waals surface area contributed by atoms with Crippen molar-refractivity contribution in [2.75, 3.05) is 5.43 Å². The van der Waals surface area contributed by atoms with Crippen molar-refractivity contribution < 1.29 is 0 Å². The summed E-state index contributed by atoms with van der Waals surface area (Å²) >= 11 is 0. The van der Waals surface area contributed by atoms with Crippen LogP contribution in [0.4, 0.5) is 5.82 Å². The molecule has 0 bridgehead atoms. The first kappa shape index (κ1) is 12.5. The molecular formula is C14H18N4. The summed E-state index contributed by atoms with van der Waals surface area (Å²) in [5.74, 6) is 6.80. The predicted octanol–water partition coefficient (Wildman–Crippen LogP) is 2.61. The normalized spacial score (nSPS) is 10.4. The Labute approximate surface area is 107 Å². The maximum atomic E-state index is 5.43. The van der Waals surface area contributed by atoms with Crippen molar-refractivity contribution in [1.29, 1.82) is 0 Å². The first-order valence-electron chi connectivity index (χ1n) is 6.06. The molecule has 2 rings (SSSR count). The molecule has 0 aliphatic carbocycles. The second kappa shape index (κ2) is 5.14. The number of rotatable bonds is 3. The minimum absolute atomic E-state index is 0.648. The van der Waals surface area contributed by atoms with Crippen LogP contribution >= 0.6 is 0 Å². The number of aryl methyl sites for hydroxylation is 3. The molecule has 94 valence electrons. The number of hydrazine groups is 1. The molecule has 0 spiro atoms. The molecule has 0 radical (unpaired) electrons. The molecule has 18 heavy (non-hydrogen) atoms. The summed E-state index contributed by atoms with van der Waals surface area (Å²) in [5, 5.41) is 0. The van der Waals surface area contributed by atoms with Crippen LogP contribution in [0, 0.1) is 13.8 Å². The van der Waals surface area contributed by atoms with Gasteiger partial charge in [0.15, 0.2) is 5.82 Å². The Balaban J connectivity index is 2.51. The molecule has 1 aromatic carbocycles. The minimum atomic E-state index is 0.648. The van der Waals surface area contributed by atoms with Crippen LogP contribution < -0.4 is 11.3 Å². The number of nitrogens with zero attached hydrogens (tertiary/aromatic N) is 2. The van der Waals surface area contributed by atoms with Crippen molar-refractivity contribution in [2.45, 2.75) is 27.2 Å². The third-order valence-electron chi connectivity index (χ3n) is 3.05. The van der Waals surface area contributed by atoms with Crippen molar-refractivity contribution in [1.82, 2.24) is 9.97 Å². The number of nitrogens with two attached hydrogens (primary N) is 1. The summed E-state index contributed by atoms with van der Waals surface area (Å²) in [5.41, 5.74) is 7.09. The van der Waals surface area contributed by atoms with Gasteiger partial charge in [0.2, 0.25) is 0 Å². The molecule has 0 fully saturated rings. The van der Waals surface area contributed by atoms with Crippen molar-refractivity contribution >= 4 is 5.82 Å². The average Bonchev–Trinajstić information content (AvgIpc) is 2.41. The molecule has 0 saturated carbocycles. The van der Waals surface area contributed by atoms with E-state index in [0.717, 1.165) is 17.7 Å². The van der Waals surface area contributed by atoms with Crippen LogP contribution in [-0.2, 0) is 6.42 Å². The van der Waals surface area contributed by atoms with E-state index in [9.17, 15) is 0 Å². The van der Waals surface area contributed by atoms with E-state index in [1.807, 2.05) is 12.1 Å². The van der Waals surface area contributed by atoms with Gasteiger partial charge in [0, 0.05) is 17.3 Å². The lowest BCUT2D eigenvalue weighted by Gasteiger charge is -2.08. The molecule has 3 N–H and O–H groups in total. The van der Waals surface area contributed by atoms with Crippen LogP contribution in [0.3, 0.4) is 0 Å². The quantitative estimate of drug-likeness (QED) is 0.641. The van der Waals surface area contributed by atoms with Gasteiger partial charge in [0.1, 0.15) is 5.82 Å². The summed E-state index contributed by atoms with van der Waals surface area (Å²) in [6.45, 7) is 6.24. The zero-order valence-electron chi connectivity index (χ0n) is 11.0. The molecule has 0 aliphatic rings. The average molecular weight is 242 g/mol. The van der Waals surface area contributed by atoms with Crippen LogP contribution in [0.2, 0.25) is 0 Å². The van der Waals surface area contributed by atoms with Gasteiger partial charge in [-0.25, -0.2) is 15.8 Å². The fraction of sp³-hybridized carbons (Fsp3) is 0.286. The smallest absolute Gasteiger partial charge is 0.161 e. The Bertz CT molecular complexity index is 541. The van der Waals surface area contributed by atoms with Crippen molar-refractivity contribution in [3.05, 3.63) is 41.1 Å². The second-order valence-electron chi connectivity index (χ2n) is 4.37. The fourth-order valence-electron chi connectivity index (χ4n) is 1.76. The van der Waals surface area contributed by atoms with Gasteiger partial charge in [-0.2, -0.15) is 0 Å². The third kappa shape index (κ3) is 2.49. The maximum Gasteiger partial charge on any atom is 0.161 e. The number of benzene rings is 1. The second-order valence-corrected chi connectivity index (χ2v) is 4.37. The van der Waals surface area contributed by atoms with Gasteiger partial charge in [-0.15, -0.1) is 0 Å². The molecule has 0 unspecified atom stereocenters. The van der Waals surface area contributed by atoms with Crippen LogP contribution in [0.1, 0.15) is 23.7 Å². The maximum absolute atomic E-state index is 5.43. The zero-order chi connectivity index (χ0) is 13.1. The van der Waals surface area contributed by atoms with Gasteiger partial charge in [-0.1, -0.05) is 19.1 Å². The summed E-state index contributed by atoms with van der Waals surface area (Å²) in [4.78, 5) is 8.93. The molecule has 4 nitrogen and oxygen atoms in total. The number of anilines is 1. The largest absolute Gasteiger partial charge is 0.308 e. The standard InChI is InChI=1S/C14H18N4/c1-4-12-8-13(18-15)17-14(16-12)11-6-5-9(2)10(3)7-11/h5-8H,4,15H2,1-3H3,(H,16,17,18). The number of hydrogen-bond donors (Lipinski definition) is 2. The topological polar surface area (TPSA) is 63.8 Å². The molecule has 1 aromatic heterocycles. The lowest BCUT2D eigenvalue weighted by atomic mass is 10.1. The highest BCUT2D eigenvalue weighted by molar-refractivity contribution is 5.59. The van der Waals surface area contributed by atoms with Crippen molar-refractivity contribution in [3.8, 4) is 11.4 Å². The molecule has 2 aromatic rings. The highest BCUT2D eigenvalue weighted by Gasteiger charge is 2.06. The summed E-state index contributed by atoms with van der Waals surface area (Å²) in [6.07, 6.45) is 0.856. The van der Waals surface area contributed by atoms with Gasteiger partial charge < -0.3 is 5.43 Å². The highest BCUT2D eigenvalue weighted by atomic mass is 15.3. The number of hydrogen-bond acceptors (Lipinski definition) is 4. The summed E-state index contributed by atoms with van der Waals surface area (Å²) < 4.78 is 0. The molecule has 0 atom stereocenters. The molecule has 0 amide bonds. The Morgan fingerprint density at radius 3 is 2.50 bits per heavy atom. The SMILES string of the molecule is CCc1cc(NN)nc(-c2ccc(C)c(C)c2)n1. The molecule has 4 heteroatoms. The van der Waals surface area contributed by atoms with E-state index in [1.54, 1.807) is 0 Å². The van der Waals surface area contributed by atoms with E-state index >= 15 is 0 Å². The van der Waals surface area contributed by atoms with Crippen molar-refractivity contribution in [2.24, 2.45) is 5.84 Å². The Hall–Kier alpha value is -1.94. The molecular weight excluding hydrogens is 224 g/mol. The van der Waals surface area contributed by atoms with Gasteiger partial charge in [-0.05, 0) is 37.5 Å². The van der Waals surface area contributed by atoms with Crippen molar-refractivity contribution in [3.63, 3.8) is 0 Å². The predicted molar refractivity (Wildman–Crippen MR) is 74.1 cm³/mol. The summed E-state index contributed by atoms with van der Waals surface area (Å²) in [6, 6.07) is 8.09. The lowest BCUT2D eigenvalue weighted by Crippen LogP contribution is -2.10. The monoisotopic (exact) mass is 242 g/mol. The van der Waals surface area contributed by atoms with E-state index in [2.05, 4.69) is 48.3 Å². The van der Waals surface area contributed by atoms with E-state index in [4.69, 9.17) is 5.84 Å². The highest BCUT2D eigenvalue weighted by Crippen LogP contribution is 2.20. The van der Waals surface area contributed by atoms with Crippen LogP contribution in [0.5, 0.6) is 0 Å². The first-order valence-corrected chi connectivity index (χ1v) is 6.06. The Morgan fingerprint density at radius 1 is 1.11 bits per heavy atom. The molecule has 0 aliphatic heterocycles. The fourth-order valence-corrected chi connectivity index (χ4v) is 1.76. The molecule has 0 saturated heterocycles. The van der Waals surface area contributed by atoms with E-state index in [1.165, 1.54) is 11.1 Å². The lowest BCUT2D eigenvalue weighted by molar-refractivity contribution is 1.00. The van der Waals surface area contributed by atoms with Crippen LogP contribution in [-0.4, -0.2) is 9.97 Å². The van der Waals surface area contributed by atoms with Crippen LogP contribution in [0.15, 0.2) is 24.3 Å². The number of aromatic nitrogens is 2. The van der Waals surface area contributed by atoms with Gasteiger partial charge >= 0.3 is 0 Å². The third-order valence-corrected chi connectivity index (χ3v) is 3.05. The Morgan fingerprint density at radius 2 is 1.89 bits per heavy atom. The number of nitrogens with one attached hydrogen (secondary N) is 1. The van der Waals surface area contributed by atoms with E-state index in [-0.39, 0.29) is 0 Å². The van der Waals surface area contributed by atoms with Crippen LogP contribution in [0.25, 0.3) is 11.4 Å². The van der Waals surface area contributed by atoms with Gasteiger partial charge in [0.05, 0.1) is 0 Å². The first-order chi connectivity index (χ1) is 8.63. The Kier molecular flexibility index (Phi) is 3.58. The van der Waals surface area contributed by atoms with E-state index < -0.39 is 0 Å². The zero-order valence-corrected chi connectivity index (χ0v) is 11.0. The van der Waals surface area contributed by atoms with E-state index in [0.29, 0.717) is 11.6 Å². The molecule has 1 heterocycles. The van der Waals surface area contributed by atoms with Gasteiger partial charge in [0.25, 0.3) is 0 Å². The van der Waals surface area contributed by atoms with Gasteiger partial charge in [-0.3, -0.25) is 0 Å².